The van der Waals surface area contributed by atoms with Crippen LogP contribution in [-0.4, -0.2) is 23.3 Å². The van der Waals surface area contributed by atoms with Gasteiger partial charge in [0.15, 0.2) is 11.5 Å². The molecule has 0 atom stereocenters. The molecule has 1 aromatic heterocycles. The third-order valence-corrected chi connectivity index (χ3v) is 2.93. The van der Waals surface area contributed by atoms with Crippen molar-refractivity contribution in [3.05, 3.63) is 59.0 Å². The number of alkyl halides is 3. The van der Waals surface area contributed by atoms with Crippen molar-refractivity contribution in [2.45, 2.75) is 6.18 Å². The average molecular weight is 344 g/mol. The zero-order valence-corrected chi connectivity index (χ0v) is 12.1. The van der Waals surface area contributed by atoms with Crippen LogP contribution in [0.15, 0.2) is 57.6 Å². The number of carbonyl (C=O) groups excluding carboxylic acids is 1. The van der Waals surface area contributed by atoms with E-state index in [1.54, 1.807) is 0 Å². The van der Waals surface area contributed by atoms with Gasteiger partial charge in [0, 0.05) is 11.2 Å². The van der Waals surface area contributed by atoms with Crippen molar-refractivity contribution in [2.24, 2.45) is 4.99 Å². The summed E-state index contributed by atoms with van der Waals surface area (Å²) < 4.78 is 42.8. The molecule has 0 aliphatic heterocycles. The van der Waals surface area contributed by atoms with Gasteiger partial charge in [-0.15, -0.1) is 0 Å². The molecule has 0 saturated carbocycles. The molecular weight excluding hydrogens is 335 g/mol. The fourth-order valence-corrected chi connectivity index (χ4v) is 1.72. The van der Waals surface area contributed by atoms with Gasteiger partial charge in [-0.05, 0) is 36.4 Å². The Morgan fingerprint density at radius 2 is 1.87 bits per heavy atom. The van der Waals surface area contributed by atoms with Crippen LogP contribution in [0.2, 0.25) is 5.02 Å². The molecule has 1 heterocycles. The topological polar surface area (TPSA) is 62.8 Å². The van der Waals surface area contributed by atoms with E-state index < -0.39 is 23.3 Å². The van der Waals surface area contributed by atoms with Crippen LogP contribution in [0.5, 0.6) is 0 Å². The lowest BCUT2D eigenvalue weighted by Crippen LogP contribution is -2.26. The zero-order chi connectivity index (χ0) is 17.0. The lowest BCUT2D eigenvalue weighted by atomic mass is 10.1. The monoisotopic (exact) mass is 343 g/mol. The number of furan rings is 1. The van der Waals surface area contributed by atoms with Gasteiger partial charge in [-0.2, -0.15) is 13.2 Å². The number of aliphatic imine (C=N–C) groups is 1. The van der Waals surface area contributed by atoms with E-state index in [9.17, 15) is 23.1 Å². The van der Waals surface area contributed by atoms with E-state index in [2.05, 4.69) is 4.99 Å². The molecule has 0 fully saturated rings. The molecule has 0 bridgehead atoms. The lowest BCUT2D eigenvalue weighted by molar-refractivity contribution is -0.165. The predicted molar refractivity (Wildman–Crippen MR) is 78.9 cm³/mol. The fourth-order valence-electron chi connectivity index (χ4n) is 1.59. The summed E-state index contributed by atoms with van der Waals surface area (Å²) in [7, 11) is 0. The van der Waals surface area contributed by atoms with Gasteiger partial charge in [0.25, 0.3) is 5.78 Å². The number of aliphatic hydroxyl groups excluding tert-OH is 1. The molecule has 0 saturated heterocycles. The van der Waals surface area contributed by atoms with E-state index in [0.717, 1.165) is 6.26 Å². The van der Waals surface area contributed by atoms with Gasteiger partial charge in [0.1, 0.15) is 0 Å². The first-order chi connectivity index (χ1) is 10.8. The standard InChI is InChI=1S/C15H9ClF3NO3/c16-9-3-5-10(6-4-9)20-8-11(14(22)15(17,18)19)13(21)12-2-1-7-23-12/h1-8,21H/b13-11+,20-8?. The summed E-state index contributed by atoms with van der Waals surface area (Å²) in [6, 6.07) is 8.43. The first-order valence-electron chi connectivity index (χ1n) is 6.17. The third-order valence-electron chi connectivity index (χ3n) is 2.68. The molecule has 2 rings (SSSR count). The molecule has 4 nitrogen and oxygen atoms in total. The molecule has 0 amide bonds. The van der Waals surface area contributed by atoms with Gasteiger partial charge in [-0.25, -0.2) is 0 Å². The minimum Gasteiger partial charge on any atom is -0.504 e. The van der Waals surface area contributed by atoms with Crippen molar-refractivity contribution >= 4 is 35.0 Å². The summed E-state index contributed by atoms with van der Waals surface area (Å²) in [5.41, 5.74) is -0.767. The SMILES string of the molecule is O=C(/C(C=Nc1ccc(Cl)cc1)=C(/O)c1ccco1)C(F)(F)F. The summed E-state index contributed by atoms with van der Waals surface area (Å²) in [4.78, 5) is 15.2. The van der Waals surface area contributed by atoms with E-state index >= 15 is 0 Å². The van der Waals surface area contributed by atoms with Gasteiger partial charge in [-0.1, -0.05) is 11.6 Å². The van der Waals surface area contributed by atoms with Gasteiger partial charge in [0.05, 0.1) is 17.5 Å². The number of benzene rings is 1. The molecular formula is C15H9ClF3NO3. The van der Waals surface area contributed by atoms with E-state index in [0.29, 0.717) is 11.2 Å². The maximum atomic E-state index is 12.7. The Labute approximate surface area is 133 Å². The molecule has 0 radical (unpaired) electrons. The van der Waals surface area contributed by atoms with Gasteiger partial charge in [0.2, 0.25) is 0 Å². The Morgan fingerprint density at radius 1 is 1.22 bits per heavy atom. The quantitative estimate of drug-likeness (QED) is 0.495. The Kier molecular flexibility index (Phi) is 4.90. The number of rotatable bonds is 4. The summed E-state index contributed by atoms with van der Waals surface area (Å²) in [6.07, 6.45) is -3.38. The van der Waals surface area contributed by atoms with E-state index in [1.165, 1.54) is 36.4 Å². The predicted octanol–water partition coefficient (Wildman–Crippen LogP) is 4.74. The number of ketones is 1. The Morgan fingerprint density at radius 3 is 2.39 bits per heavy atom. The first kappa shape index (κ1) is 16.8. The number of allylic oxidation sites excluding steroid dienone is 1. The fraction of sp³-hybridized carbons (Fsp3) is 0.0667. The van der Waals surface area contributed by atoms with Crippen molar-refractivity contribution in [3.63, 3.8) is 0 Å². The number of nitrogens with zero attached hydrogens (tertiary/aromatic N) is 1. The van der Waals surface area contributed by atoms with Crippen molar-refractivity contribution < 1.29 is 27.5 Å². The van der Waals surface area contributed by atoms with E-state index in [-0.39, 0.29) is 11.4 Å². The molecule has 8 heteroatoms. The van der Waals surface area contributed by atoms with Crippen LogP contribution >= 0.6 is 11.6 Å². The van der Waals surface area contributed by atoms with Gasteiger partial charge >= 0.3 is 6.18 Å². The minimum absolute atomic E-state index is 0.258. The molecule has 0 unspecified atom stereocenters. The molecule has 2 aromatic rings. The molecule has 0 spiro atoms. The van der Waals surface area contributed by atoms with Crippen LogP contribution in [0.25, 0.3) is 5.76 Å². The average Bonchev–Trinajstić information content (AvgIpc) is 3.02. The van der Waals surface area contributed by atoms with Crippen LogP contribution in [0.3, 0.4) is 0 Å². The highest BCUT2D eigenvalue weighted by molar-refractivity contribution is 6.30. The van der Waals surface area contributed by atoms with E-state index in [1.807, 2.05) is 0 Å². The largest absolute Gasteiger partial charge is 0.504 e. The molecule has 1 N–H and O–H groups in total. The van der Waals surface area contributed by atoms with Crippen molar-refractivity contribution in [3.8, 4) is 0 Å². The van der Waals surface area contributed by atoms with Crippen LogP contribution in [-0.2, 0) is 4.79 Å². The summed E-state index contributed by atoms with van der Waals surface area (Å²) in [5, 5.41) is 10.3. The van der Waals surface area contributed by atoms with Gasteiger partial charge < -0.3 is 9.52 Å². The first-order valence-corrected chi connectivity index (χ1v) is 6.55. The molecule has 0 aliphatic rings. The minimum atomic E-state index is -5.16. The number of hydrogen-bond acceptors (Lipinski definition) is 4. The summed E-state index contributed by atoms with van der Waals surface area (Å²) >= 11 is 5.69. The van der Waals surface area contributed by atoms with E-state index in [4.69, 9.17) is 16.0 Å². The van der Waals surface area contributed by atoms with Crippen LogP contribution in [0.4, 0.5) is 18.9 Å². The number of halogens is 4. The smallest absolute Gasteiger partial charge is 0.455 e. The normalized spacial score (nSPS) is 13.2. The molecule has 23 heavy (non-hydrogen) atoms. The highest BCUT2D eigenvalue weighted by Gasteiger charge is 2.42. The van der Waals surface area contributed by atoms with Crippen LogP contribution in [0.1, 0.15) is 5.76 Å². The Hall–Kier alpha value is -2.54. The maximum Gasteiger partial charge on any atom is 0.455 e. The van der Waals surface area contributed by atoms with Crippen molar-refractivity contribution in [2.75, 3.05) is 0 Å². The third kappa shape index (κ3) is 4.23. The summed E-state index contributed by atoms with van der Waals surface area (Å²) in [5.74, 6) is -3.46. The highest BCUT2D eigenvalue weighted by atomic mass is 35.5. The number of carbonyl (C=O) groups is 1. The Bertz CT molecular complexity index is 747. The zero-order valence-electron chi connectivity index (χ0n) is 11.3. The Balaban J connectivity index is 2.44. The number of hydrogen-bond donors (Lipinski definition) is 1. The number of Topliss-reactive ketones (excluding diaryl/α,β-unsaturated/α-hetero) is 1. The second-order valence-corrected chi connectivity index (χ2v) is 4.74. The van der Waals surface area contributed by atoms with Crippen LogP contribution in [0, 0.1) is 0 Å². The maximum absolute atomic E-state index is 12.7. The molecule has 0 aliphatic carbocycles. The summed E-state index contributed by atoms with van der Waals surface area (Å²) in [6.45, 7) is 0. The molecule has 120 valence electrons. The van der Waals surface area contributed by atoms with Crippen LogP contribution < -0.4 is 0 Å². The van der Waals surface area contributed by atoms with Crippen molar-refractivity contribution in [1.29, 1.82) is 0 Å². The number of aliphatic hydroxyl groups is 1. The van der Waals surface area contributed by atoms with Gasteiger partial charge in [-0.3, -0.25) is 9.79 Å². The molecule has 1 aromatic carbocycles. The van der Waals surface area contributed by atoms with Crippen molar-refractivity contribution in [1.82, 2.24) is 0 Å². The second-order valence-electron chi connectivity index (χ2n) is 4.30. The lowest BCUT2D eigenvalue weighted by Gasteiger charge is -2.07. The highest BCUT2D eigenvalue weighted by Crippen LogP contribution is 2.26. The second kappa shape index (κ2) is 6.70.